The molecule has 80 valence electrons. The van der Waals surface area contributed by atoms with Crippen LogP contribution in [0.3, 0.4) is 0 Å². The lowest BCUT2D eigenvalue weighted by Crippen LogP contribution is -2.15. The van der Waals surface area contributed by atoms with Crippen molar-refractivity contribution in [2.75, 3.05) is 18.1 Å². The third-order valence-corrected chi connectivity index (χ3v) is 4.12. The molecule has 0 bridgehead atoms. The maximum Gasteiger partial charge on any atom is 0.0300 e. The Morgan fingerprint density at radius 1 is 1.29 bits per heavy atom. The second-order valence-corrected chi connectivity index (χ2v) is 5.74. The number of nitrogens with one attached hydrogen (secondary N) is 1. The van der Waals surface area contributed by atoms with Gasteiger partial charge in [-0.15, -0.1) is 11.3 Å². The average molecular weight is 229 g/mol. The molecule has 0 aromatic carbocycles. The van der Waals surface area contributed by atoms with E-state index >= 15 is 0 Å². The quantitative estimate of drug-likeness (QED) is 0.721. The van der Waals surface area contributed by atoms with Gasteiger partial charge in [0, 0.05) is 28.6 Å². The van der Waals surface area contributed by atoms with Gasteiger partial charge in [0.25, 0.3) is 0 Å². The molecule has 0 aliphatic carbocycles. The fraction of sp³-hybridized carbons (Fsp3) is 0.636. The van der Waals surface area contributed by atoms with E-state index in [1.54, 1.807) is 0 Å². The van der Waals surface area contributed by atoms with E-state index in [2.05, 4.69) is 31.3 Å². The molecule has 0 atom stereocenters. The second-order valence-electron chi connectivity index (χ2n) is 3.10. The van der Waals surface area contributed by atoms with Crippen LogP contribution < -0.4 is 5.32 Å². The van der Waals surface area contributed by atoms with Gasteiger partial charge in [0.15, 0.2) is 0 Å². The van der Waals surface area contributed by atoms with E-state index in [4.69, 9.17) is 0 Å². The first-order valence-electron chi connectivity index (χ1n) is 5.22. The fourth-order valence-corrected chi connectivity index (χ4v) is 2.71. The summed E-state index contributed by atoms with van der Waals surface area (Å²) in [6.45, 7) is 6.57. The molecule has 0 unspecified atom stereocenters. The van der Waals surface area contributed by atoms with Gasteiger partial charge in [-0.3, -0.25) is 0 Å². The highest BCUT2D eigenvalue weighted by Gasteiger charge is 1.97. The van der Waals surface area contributed by atoms with Gasteiger partial charge in [-0.2, -0.15) is 11.8 Å². The number of aryl methyl sites for hydroxylation is 1. The van der Waals surface area contributed by atoms with E-state index in [9.17, 15) is 0 Å². The van der Waals surface area contributed by atoms with Crippen molar-refractivity contribution in [3.63, 3.8) is 0 Å². The van der Waals surface area contributed by atoms with Crippen LogP contribution in [-0.4, -0.2) is 18.1 Å². The summed E-state index contributed by atoms with van der Waals surface area (Å²) in [6, 6.07) is 4.48. The van der Waals surface area contributed by atoms with Gasteiger partial charge in [-0.1, -0.05) is 13.8 Å². The minimum Gasteiger partial charge on any atom is -0.311 e. The van der Waals surface area contributed by atoms with Crippen LogP contribution in [0.25, 0.3) is 0 Å². The topological polar surface area (TPSA) is 12.0 Å². The minimum atomic E-state index is 1.04. The van der Waals surface area contributed by atoms with E-state index in [-0.39, 0.29) is 0 Å². The van der Waals surface area contributed by atoms with E-state index in [0.717, 1.165) is 19.5 Å². The molecule has 0 saturated carbocycles. The van der Waals surface area contributed by atoms with Crippen LogP contribution in [0.4, 0.5) is 0 Å². The molecule has 0 amide bonds. The van der Waals surface area contributed by atoms with Gasteiger partial charge in [-0.05, 0) is 24.3 Å². The average Bonchev–Trinajstić information content (AvgIpc) is 2.65. The van der Waals surface area contributed by atoms with Gasteiger partial charge >= 0.3 is 0 Å². The van der Waals surface area contributed by atoms with Gasteiger partial charge in [0.2, 0.25) is 0 Å². The lowest BCUT2D eigenvalue weighted by Gasteiger charge is -2.01. The number of thioether (sulfide) groups is 1. The molecule has 0 spiro atoms. The monoisotopic (exact) mass is 229 g/mol. The maximum absolute atomic E-state index is 3.46. The second kappa shape index (κ2) is 7.32. The highest BCUT2D eigenvalue weighted by Crippen LogP contribution is 2.16. The van der Waals surface area contributed by atoms with Crippen LogP contribution in [0.2, 0.25) is 0 Å². The predicted octanol–water partition coefficient (Wildman–Crippen LogP) is 3.15. The van der Waals surface area contributed by atoms with Crippen LogP contribution in [0.15, 0.2) is 12.1 Å². The van der Waals surface area contributed by atoms with Crippen molar-refractivity contribution in [2.45, 2.75) is 26.8 Å². The Balaban J connectivity index is 2.12. The molecule has 0 aliphatic heterocycles. The van der Waals surface area contributed by atoms with Crippen LogP contribution in [0.5, 0.6) is 0 Å². The maximum atomic E-state index is 3.46. The minimum absolute atomic E-state index is 1.04. The van der Waals surface area contributed by atoms with Crippen molar-refractivity contribution in [2.24, 2.45) is 0 Å². The van der Waals surface area contributed by atoms with Crippen molar-refractivity contribution >= 4 is 23.1 Å². The highest BCUT2D eigenvalue weighted by atomic mass is 32.2. The summed E-state index contributed by atoms with van der Waals surface area (Å²) >= 11 is 3.92. The zero-order valence-electron chi connectivity index (χ0n) is 9.01. The first-order chi connectivity index (χ1) is 6.86. The van der Waals surface area contributed by atoms with Crippen molar-refractivity contribution in [3.8, 4) is 0 Å². The Labute approximate surface area is 95.3 Å². The normalized spacial score (nSPS) is 10.7. The number of rotatable bonds is 7. The summed E-state index contributed by atoms with van der Waals surface area (Å²) in [5, 5.41) is 3.46. The number of hydrogen-bond acceptors (Lipinski definition) is 3. The largest absolute Gasteiger partial charge is 0.311 e. The van der Waals surface area contributed by atoms with Crippen molar-refractivity contribution in [1.82, 2.24) is 5.32 Å². The van der Waals surface area contributed by atoms with Crippen LogP contribution in [0.1, 0.15) is 23.6 Å². The molecule has 0 fully saturated rings. The Kier molecular flexibility index (Phi) is 6.32. The molecule has 0 saturated heterocycles. The summed E-state index contributed by atoms with van der Waals surface area (Å²) in [5.74, 6) is 2.45. The summed E-state index contributed by atoms with van der Waals surface area (Å²) < 4.78 is 0. The smallest absolute Gasteiger partial charge is 0.0300 e. The Morgan fingerprint density at radius 3 is 2.71 bits per heavy atom. The van der Waals surface area contributed by atoms with Gasteiger partial charge in [0.1, 0.15) is 0 Å². The fourth-order valence-electron chi connectivity index (χ4n) is 1.21. The Hall–Kier alpha value is 0.01000. The van der Waals surface area contributed by atoms with E-state index < -0.39 is 0 Å². The Morgan fingerprint density at radius 2 is 2.07 bits per heavy atom. The molecule has 14 heavy (non-hydrogen) atoms. The standard InChI is InChI=1S/C11H19NS2/c1-3-10-5-6-11(14-10)9-12-7-8-13-4-2/h5-6,12H,3-4,7-9H2,1-2H3. The number of hydrogen-bond donors (Lipinski definition) is 1. The van der Waals surface area contributed by atoms with Crippen LogP contribution >= 0.6 is 23.1 Å². The van der Waals surface area contributed by atoms with Crippen LogP contribution in [0, 0.1) is 0 Å². The van der Waals surface area contributed by atoms with Gasteiger partial charge in [-0.25, -0.2) is 0 Å². The van der Waals surface area contributed by atoms with Crippen molar-refractivity contribution < 1.29 is 0 Å². The SMILES string of the molecule is CCSCCNCc1ccc(CC)s1. The highest BCUT2D eigenvalue weighted by molar-refractivity contribution is 7.99. The predicted molar refractivity (Wildman–Crippen MR) is 68.4 cm³/mol. The summed E-state index contributed by atoms with van der Waals surface area (Å²) in [5.41, 5.74) is 0. The molecule has 1 nitrogen and oxygen atoms in total. The summed E-state index contributed by atoms with van der Waals surface area (Å²) in [7, 11) is 0. The third-order valence-electron chi connectivity index (χ3n) is 1.99. The van der Waals surface area contributed by atoms with Crippen LogP contribution in [-0.2, 0) is 13.0 Å². The summed E-state index contributed by atoms with van der Waals surface area (Å²) in [6.07, 6.45) is 1.16. The third kappa shape index (κ3) is 4.49. The zero-order chi connectivity index (χ0) is 10.2. The molecule has 1 rings (SSSR count). The molecular weight excluding hydrogens is 210 g/mol. The molecule has 1 aromatic rings. The summed E-state index contributed by atoms with van der Waals surface area (Å²) in [4.78, 5) is 2.95. The molecule has 3 heteroatoms. The van der Waals surface area contributed by atoms with E-state index in [1.807, 2.05) is 23.1 Å². The van der Waals surface area contributed by atoms with E-state index in [1.165, 1.54) is 21.3 Å². The van der Waals surface area contributed by atoms with Gasteiger partial charge in [0.05, 0.1) is 0 Å². The zero-order valence-corrected chi connectivity index (χ0v) is 10.6. The molecule has 1 aromatic heterocycles. The number of thiophene rings is 1. The molecule has 0 radical (unpaired) electrons. The van der Waals surface area contributed by atoms with Gasteiger partial charge < -0.3 is 5.32 Å². The lowest BCUT2D eigenvalue weighted by molar-refractivity contribution is 0.741. The molecule has 0 aliphatic rings. The first kappa shape index (κ1) is 12.1. The first-order valence-corrected chi connectivity index (χ1v) is 7.20. The van der Waals surface area contributed by atoms with Crippen molar-refractivity contribution in [1.29, 1.82) is 0 Å². The Bertz CT molecular complexity index is 245. The lowest BCUT2D eigenvalue weighted by atomic mass is 10.3. The molecule has 1 N–H and O–H groups in total. The van der Waals surface area contributed by atoms with E-state index in [0.29, 0.717) is 0 Å². The molecular formula is C11H19NS2. The van der Waals surface area contributed by atoms with Crippen molar-refractivity contribution in [3.05, 3.63) is 21.9 Å². The molecule has 1 heterocycles.